The fourth-order valence-electron chi connectivity index (χ4n) is 3.72. The Labute approximate surface area is 126 Å². The average molecular weight is 290 g/mol. The van der Waals surface area contributed by atoms with E-state index in [0.717, 1.165) is 10.9 Å². The minimum atomic E-state index is 0.453. The second-order valence-electron chi connectivity index (χ2n) is 7.35. The molecule has 0 radical (unpaired) electrons. The highest BCUT2D eigenvalue weighted by molar-refractivity contribution is 6.31. The number of nitrogens with one attached hydrogen (secondary N) is 1. The summed E-state index contributed by atoms with van der Waals surface area (Å²) in [6.45, 7) is 7.14. The molecule has 1 heterocycles. The number of hydrogen-bond acceptors (Lipinski definition) is 0. The Morgan fingerprint density at radius 2 is 1.80 bits per heavy atom. The number of aromatic nitrogens is 1. The van der Waals surface area contributed by atoms with E-state index in [1.807, 2.05) is 6.07 Å². The van der Waals surface area contributed by atoms with Gasteiger partial charge in [0.05, 0.1) is 0 Å². The SMILES string of the molecule is CC(C)(C)C1CCC(c2c[nH]c3ccc(Cl)cc23)CC1. The molecule has 108 valence electrons. The summed E-state index contributed by atoms with van der Waals surface area (Å²) in [5.74, 6) is 1.56. The first kappa shape index (κ1) is 14.0. The minimum absolute atomic E-state index is 0.453. The molecule has 1 fully saturated rings. The summed E-state index contributed by atoms with van der Waals surface area (Å²) >= 11 is 6.16. The van der Waals surface area contributed by atoms with Gasteiger partial charge in [-0.2, -0.15) is 0 Å². The first-order valence-corrected chi connectivity index (χ1v) is 8.09. The van der Waals surface area contributed by atoms with Crippen molar-refractivity contribution in [3.05, 3.63) is 35.0 Å². The molecule has 0 spiro atoms. The molecular weight excluding hydrogens is 266 g/mol. The molecule has 1 aromatic heterocycles. The molecule has 1 aliphatic carbocycles. The average Bonchev–Trinajstić information content (AvgIpc) is 2.81. The quantitative estimate of drug-likeness (QED) is 0.649. The van der Waals surface area contributed by atoms with Crippen molar-refractivity contribution in [1.29, 1.82) is 0 Å². The molecule has 0 aliphatic heterocycles. The maximum Gasteiger partial charge on any atom is 0.0457 e. The summed E-state index contributed by atoms with van der Waals surface area (Å²) in [6.07, 6.45) is 7.51. The van der Waals surface area contributed by atoms with Crippen LogP contribution in [0.1, 0.15) is 57.9 Å². The molecule has 0 bridgehead atoms. The van der Waals surface area contributed by atoms with Gasteiger partial charge >= 0.3 is 0 Å². The van der Waals surface area contributed by atoms with Crippen LogP contribution >= 0.6 is 11.6 Å². The molecule has 20 heavy (non-hydrogen) atoms. The minimum Gasteiger partial charge on any atom is -0.361 e. The molecule has 3 rings (SSSR count). The van der Waals surface area contributed by atoms with Crippen molar-refractivity contribution in [1.82, 2.24) is 4.98 Å². The molecule has 1 N–H and O–H groups in total. The van der Waals surface area contributed by atoms with E-state index in [-0.39, 0.29) is 0 Å². The van der Waals surface area contributed by atoms with E-state index in [1.165, 1.54) is 42.1 Å². The normalized spacial score (nSPS) is 24.2. The van der Waals surface area contributed by atoms with Gasteiger partial charge in [-0.05, 0) is 66.7 Å². The van der Waals surface area contributed by atoms with Crippen molar-refractivity contribution in [3.63, 3.8) is 0 Å². The van der Waals surface area contributed by atoms with E-state index < -0.39 is 0 Å². The van der Waals surface area contributed by atoms with Crippen LogP contribution in [0.2, 0.25) is 5.02 Å². The van der Waals surface area contributed by atoms with Crippen LogP contribution in [0.5, 0.6) is 0 Å². The van der Waals surface area contributed by atoms with Crippen molar-refractivity contribution in [3.8, 4) is 0 Å². The van der Waals surface area contributed by atoms with Crippen molar-refractivity contribution in [2.24, 2.45) is 11.3 Å². The number of hydrogen-bond donors (Lipinski definition) is 1. The van der Waals surface area contributed by atoms with Crippen molar-refractivity contribution in [2.45, 2.75) is 52.4 Å². The zero-order valence-corrected chi connectivity index (χ0v) is 13.4. The van der Waals surface area contributed by atoms with Crippen molar-refractivity contribution >= 4 is 22.5 Å². The van der Waals surface area contributed by atoms with Gasteiger partial charge in [-0.15, -0.1) is 0 Å². The fraction of sp³-hybridized carbons (Fsp3) is 0.556. The lowest BCUT2D eigenvalue weighted by Gasteiger charge is -2.37. The Hall–Kier alpha value is -0.950. The van der Waals surface area contributed by atoms with Gasteiger partial charge in [-0.25, -0.2) is 0 Å². The Balaban J connectivity index is 1.82. The van der Waals surface area contributed by atoms with Gasteiger partial charge < -0.3 is 4.98 Å². The standard InChI is InChI=1S/C18H24ClN/c1-18(2,3)13-6-4-12(5-7-13)16-11-20-17-9-8-14(19)10-15(16)17/h8-13,20H,4-7H2,1-3H3. The molecule has 0 saturated heterocycles. The molecule has 2 aromatic rings. The first-order chi connectivity index (χ1) is 9.45. The number of fused-ring (bicyclic) bond motifs is 1. The summed E-state index contributed by atoms with van der Waals surface area (Å²) in [7, 11) is 0. The number of halogens is 1. The van der Waals surface area contributed by atoms with Crippen molar-refractivity contribution < 1.29 is 0 Å². The van der Waals surface area contributed by atoms with Crippen LogP contribution in [0.4, 0.5) is 0 Å². The zero-order valence-electron chi connectivity index (χ0n) is 12.7. The Kier molecular flexibility index (Phi) is 3.58. The van der Waals surface area contributed by atoms with Gasteiger partial charge in [0, 0.05) is 22.1 Å². The Bertz CT molecular complexity index is 597. The van der Waals surface area contributed by atoms with Crippen LogP contribution in [-0.2, 0) is 0 Å². The van der Waals surface area contributed by atoms with Crippen LogP contribution < -0.4 is 0 Å². The summed E-state index contributed by atoms with van der Waals surface area (Å²) in [4.78, 5) is 3.40. The molecule has 1 aromatic carbocycles. The Morgan fingerprint density at radius 3 is 2.45 bits per heavy atom. The molecule has 0 atom stereocenters. The number of rotatable bonds is 1. The third-order valence-corrected chi connectivity index (χ3v) is 5.30. The summed E-state index contributed by atoms with van der Waals surface area (Å²) in [6, 6.07) is 6.15. The predicted octanol–water partition coefficient (Wildman–Crippen LogP) is 6.14. The van der Waals surface area contributed by atoms with Crippen LogP contribution in [0.25, 0.3) is 10.9 Å². The van der Waals surface area contributed by atoms with Gasteiger partial charge in [-0.1, -0.05) is 32.4 Å². The highest BCUT2D eigenvalue weighted by Crippen LogP contribution is 2.44. The molecule has 1 nitrogen and oxygen atoms in total. The van der Waals surface area contributed by atoms with Crippen molar-refractivity contribution in [2.75, 3.05) is 0 Å². The number of benzene rings is 1. The van der Waals surface area contributed by atoms with Gasteiger partial charge in [-0.3, -0.25) is 0 Å². The number of H-pyrrole nitrogens is 1. The van der Waals surface area contributed by atoms with Gasteiger partial charge in [0.25, 0.3) is 0 Å². The van der Waals surface area contributed by atoms with E-state index >= 15 is 0 Å². The van der Waals surface area contributed by atoms with Gasteiger partial charge in [0.15, 0.2) is 0 Å². The Morgan fingerprint density at radius 1 is 1.10 bits per heavy atom. The van der Waals surface area contributed by atoms with E-state index in [1.54, 1.807) is 0 Å². The van der Waals surface area contributed by atoms with E-state index in [0.29, 0.717) is 11.3 Å². The lowest BCUT2D eigenvalue weighted by Crippen LogP contribution is -2.25. The maximum atomic E-state index is 6.16. The molecule has 1 saturated carbocycles. The second-order valence-corrected chi connectivity index (χ2v) is 7.78. The fourth-order valence-corrected chi connectivity index (χ4v) is 3.89. The van der Waals surface area contributed by atoms with Crippen LogP contribution in [-0.4, -0.2) is 4.98 Å². The topological polar surface area (TPSA) is 15.8 Å². The largest absolute Gasteiger partial charge is 0.361 e. The van der Waals surface area contributed by atoms with Crippen LogP contribution in [0.15, 0.2) is 24.4 Å². The summed E-state index contributed by atoms with van der Waals surface area (Å²) < 4.78 is 0. The van der Waals surface area contributed by atoms with Crippen LogP contribution in [0, 0.1) is 11.3 Å². The summed E-state index contributed by atoms with van der Waals surface area (Å²) in [5.41, 5.74) is 3.13. The van der Waals surface area contributed by atoms with E-state index in [4.69, 9.17) is 11.6 Å². The third-order valence-electron chi connectivity index (χ3n) is 5.07. The van der Waals surface area contributed by atoms with Gasteiger partial charge in [0.2, 0.25) is 0 Å². The second kappa shape index (κ2) is 5.11. The molecule has 0 unspecified atom stereocenters. The molecule has 1 aliphatic rings. The lowest BCUT2D eigenvalue weighted by atomic mass is 9.69. The first-order valence-electron chi connectivity index (χ1n) is 7.71. The predicted molar refractivity (Wildman–Crippen MR) is 87.5 cm³/mol. The van der Waals surface area contributed by atoms with E-state index in [2.05, 4.69) is 44.1 Å². The zero-order chi connectivity index (χ0) is 14.3. The number of aromatic amines is 1. The third kappa shape index (κ3) is 2.61. The lowest BCUT2D eigenvalue weighted by molar-refractivity contribution is 0.169. The van der Waals surface area contributed by atoms with E-state index in [9.17, 15) is 0 Å². The van der Waals surface area contributed by atoms with Crippen LogP contribution in [0.3, 0.4) is 0 Å². The van der Waals surface area contributed by atoms with Gasteiger partial charge in [0.1, 0.15) is 0 Å². The summed E-state index contributed by atoms with van der Waals surface area (Å²) in [5, 5.41) is 2.15. The molecule has 2 heteroatoms. The smallest absolute Gasteiger partial charge is 0.0457 e. The maximum absolute atomic E-state index is 6.16. The highest BCUT2D eigenvalue weighted by Gasteiger charge is 2.30. The monoisotopic (exact) mass is 289 g/mol. The highest BCUT2D eigenvalue weighted by atomic mass is 35.5. The molecular formula is C18H24ClN. The molecule has 0 amide bonds.